The molecule has 0 bridgehead atoms. The van der Waals surface area contributed by atoms with Crippen molar-refractivity contribution in [2.75, 3.05) is 30.0 Å². The molecule has 4 heteroatoms. The summed E-state index contributed by atoms with van der Waals surface area (Å²) < 4.78 is 10.3. The summed E-state index contributed by atoms with van der Waals surface area (Å²) in [5, 5.41) is 6.03. The van der Waals surface area contributed by atoms with Crippen LogP contribution < -0.4 is 21.2 Å². The normalized spacial score (nSPS) is 11.8. The van der Waals surface area contributed by atoms with Crippen molar-refractivity contribution < 1.29 is 0 Å². The molecule has 0 amide bonds. The second-order valence-corrected chi connectivity index (χ2v) is 25.5. The SMILES string of the molecule is C=CI(CCCI(C=C)CCP(c1ccccc1)c1ccccc1)CCP(c1ccccc1)c1ccccc1. The van der Waals surface area contributed by atoms with Gasteiger partial charge in [-0.3, -0.25) is 0 Å². The summed E-state index contributed by atoms with van der Waals surface area (Å²) in [5.41, 5.74) is 0. The van der Waals surface area contributed by atoms with Crippen molar-refractivity contribution in [2.45, 2.75) is 6.42 Å². The fraction of sp³-hybridized carbons (Fsp3) is 0.200. The van der Waals surface area contributed by atoms with Crippen molar-refractivity contribution in [3.8, 4) is 0 Å². The van der Waals surface area contributed by atoms with Crippen LogP contribution in [0.25, 0.3) is 0 Å². The first-order valence-corrected chi connectivity index (χ1v) is 25.1. The van der Waals surface area contributed by atoms with Gasteiger partial charge in [-0.2, -0.15) is 0 Å². The molecule has 4 aromatic carbocycles. The minimum absolute atomic E-state index is 0.290. The molecule has 0 unspecified atom stereocenters. The second-order valence-electron chi connectivity index (χ2n) is 9.06. The monoisotopic (exact) mass is 776 g/mol. The molecule has 0 saturated carbocycles. The van der Waals surface area contributed by atoms with Gasteiger partial charge in [0.2, 0.25) is 0 Å². The molecule has 0 atom stereocenters. The van der Waals surface area contributed by atoms with E-state index in [1.54, 1.807) is 0 Å². The predicted molar refractivity (Wildman–Crippen MR) is 200 cm³/mol. The van der Waals surface area contributed by atoms with Gasteiger partial charge in [-0.05, 0) is 0 Å². The van der Waals surface area contributed by atoms with Gasteiger partial charge in [0.15, 0.2) is 0 Å². The summed E-state index contributed by atoms with van der Waals surface area (Å²) in [6.45, 7) is 8.60. The van der Waals surface area contributed by atoms with E-state index in [-0.39, 0.29) is 15.8 Å². The fourth-order valence-corrected chi connectivity index (χ4v) is 22.7. The molecule has 0 aromatic heterocycles. The fourth-order valence-electron chi connectivity index (χ4n) is 4.52. The molecule has 0 aliphatic carbocycles. The van der Waals surface area contributed by atoms with Crippen molar-refractivity contribution in [1.29, 1.82) is 0 Å². The Bertz CT molecular complexity index is 1050. The van der Waals surface area contributed by atoms with Gasteiger partial charge >= 0.3 is 256 Å². The Kier molecular flexibility index (Phi) is 13.7. The van der Waals surface area contributed by atoms with Gasteiger partial charge in [0.05, 0.1) is 0 Å². The van der Waals surface area contributed by atoms with Gasteiger partial charge < -0.3 is 0 Å². The van der Waals surface area contributed by atoms with E-state index in [1.807, 2.05) is 0 Å². The van der Waals surface area contributed by atoms with Crippen LogP contribution in [0.2, 0.25) is 0 Å². The molecule has 0 saturated heterocycles. The molecule has 0 spiro atoms. The maximum atomic E-state index is 4.30. The molecule has 0 aliphatic rings. The molecular formula is C35H40I2P2. The van der Waals surface area contributed by atoms with Crippen LogP contribution in [-0.4, -0.2) is 30.0 Å². The number of rotatable bonds is 16. The Morgan fingerprint density at radius 3 is 0.974 bits per heavy atom. The zero-order valence-electron chi connectivity index (χ0n) is 22.7. The summed E-state index contributed by atoms with van der Waals surface area (Å²) in [6, 6.07) is 44.7. The van der Waals surface area contributed by atoms with Crippen LogP contribution in [0, 0.1) is 0 Å². The molecule has 4 aromatic rings. The minimum atomic E-state index is -1.15. The van der Waals surface area contributed by atoms with Crippen molar-refractivity contribution >= 4 is 76.7 Å². The van der Waals surface area contributed by atoms with Crippen LogP contribution >= 0.6 is 55.5 Å². The quantitative estimate of drug-likeness (QED) is 0.0606. The summed E-state index contributed by atoms with van der Waals surface area (Å²) >= 11 is -2.29. The average molecular weight is 776 g/mol. The Labute approximate surface area is 253 Å². The third-order valence-corrected chi connectivity index (χ3v) is 23.9. The molecule has 0 N–H and O–H groups in total. The molecule has 0 nitrogen and oxygen atoms in total. The van der Waals surface area contributed by atoms with Gasteiger partial charge in [0, 0.05) is 0 Å². The number of halogens is 2. The van der Waals surface area contributed by atoms with Crippen molar-refractivity contribution in [1.82, 2.24) is 0 Å². The maximum absolute atomic E-state index is 4.30. The van der Waals surface area contributed by atoms with Gasteiger partial charge in [-0.1, -0.05) is 0 Å². The molecule has 0 heterocycles. The zero-order valence-corrected chi connectivity index (χ0v) is 28.8. The van der Waals surface area contributed by atoms with E-state index in [9.17, 15) is 0 Å². The second kappa shape index (κ2) is 17.5. The molecule has 0 radical (unpaired) electrons. The van der Waals surface area contributed by atoms with Gasteiger partial charge in [0.25, 0.3) is 0 Å². The molecule has 0 fully saturated rings. The first kappa shape index (κ1) is 30.6. The number of benzene rings is 4. The molecule has 4 rings (SSSR count). The van der Waals surface area contributed by atoms with E-state index in [0.29, 0.717) is 0 Å². The summed E-state index contributed by atoms with van der Waals surface area (Å²) in [7, 11) is -0.580. The Morgan fingerprint density at radius 1 is 0.436 bits per heavy atom. The van der Waals surface area contributed by atoms with Crippen LogP contribution in [0.1, 0.15) is 6.42 Å². The van der Waals surface area contributed by atoms with Crippen molar-refractivity contribution in [3.05, 3.63) is 143 Å². The first-order chi connectivity index (χ1) is 19.3. The van der Waals surface area contributed by atoms with E-state index >= 15 is 0 Å². The molecule has 0 aliphatic heterocycles. The zero-order chi connectivity index (χ0) is 27.1. The number of hydrogen-bond acceptors (Lipinski definition) is 0. The van der Waals surface area contributed by atoms with Crippen LogP contribution in [0.4, 0.5) is 0 Å². The number of hydrogen-bond donors (Lipinski definition) is 0. The summed E-state index contributed by atoms with van der Waals surface area (Å²) in [4.78, 5) is 0. The topological polar surface area (TPSA) is 0 Å². The average Bonchev–Trinajstić information content (AvgIpc) is 3.01. The predicted octanol–water partition coefficient (Wildman–Crippen LogP) is 8.94. The van der Waals surface area contributed by atoms with Crippen LogP contribution in [-0.2, 0) is 0 Å². The number of alkyl halides is 4. The van der Waals surface area contributed by atoms with Crippen LogP contribution in [0.3, 0.4) is 0 Å². The van der Waals surface area contributed by atoms with Crippen LogP contribution in [0.15, 0.2) is 143 Å². The van der Waals surface area contributed by atoms with Gasteiger partial charge in [0.1, 0.15) is 0 Å². The Hall–Kier alpha value is -1.32. The third kappa shape index (κ3) is 9.92. The summed E-state index contributed by atoms with van der Waals surface area (Å²) in [6.07, 6.45) is 3.96. The van der Waals surface area contributed by atoms with E-state index in [1.165, 1.54) is 57.7 Å². The molecular weight excluding hydrogens is 736 g/mol. The molecule has 39 heavy (non-hydrogen) atoms. The third-order valence-electron chi connectivity index (χ3n) is 6.56. The van der Waals surface area contributed by atoms with Crippen molar-refractivity contribution in [3.63, 3.8) is 0 Å². The van der Waals surface area contributed by atoms with Gasteiger partial charge in [-0.15, -0.1) is 0 Å². The first-order valence-electron chi connectivity index (χ1n) is 13.5. The van der Waals surface area contributed by atoms with Gasteiger partial charge in [-0.25, -0.2) is 0 Å². The van der Waals surface area contributed by atoms with E-state index < -0.39 is 39.6 Å². The standard InChI is InChI=1S/C35H40I2P2/c1-3-36(28-30-38(32-18-9-5-10-19-32)33-20-11-6-12-21-33)26-17-27-37(4-2)29-31-39(34-22-13-7-14-23-34)35-24-15-8-16-25-35/h3-16,18-25H,1-2,17,26-31H2. The molecule has 204 valence electrons. The Morgan fingerprint density at radius 2 is 0.718 bits per heavy atom. The van der Waals surface area contributed by atoms with E-state index in [4.69, 9.17) is 0 Å². The van der Waals surface area contributed by atoms with E-state index in [2.05, 4.69) is 143 Å². The van der Waals surface area contributed by atoms with E-state index in [0.717, 1.165) is 0 Å². The summed E-state index contributed by atoms with van der Waals surface area (Å²) in [5.74, 6) is 0. The van der Waals surface area contributed by atoms with Crippen LogP contribution in [0.5, 0.6) is 0 Å². The Balaban J connectivity index is 1.30. The van der Waals surface area contributed by atoms with Crippen molar-refractivity contribution in [2.24, 2.45) is 0 Å².